The first-order valence-electron chi connectivity index (χ1n) is 7.03. The van der Waals surface area contributed by atoms with Crippen LogP contribution in [0.3, 0.4) is 0 Å². The van der Waals surface area contributed by atoms with Gasteiger partial charge in [-0.05, 0) is 31.0 Å². The predicted octanol–water partition coefficient (Wildman–Crippen LogP) is 3.59. The fraction of sp³-hybridized carbons (Fsp3) is 0.438. The second kappa shape index (κ2) is 6.41. The van der Waals surface area contributed by atoms with Gasteiger partial charge in [-0.1, -0.05) is 26.3 Å². The Morgan fingerprint density at radius 3 is 2.68 bits per heavy atom. The minimum atomic E-state index is 0.0697. The first-order chi connectivity index (χ1) is 9.27. The molecular weight excluding hydrogens is 238 g/mol. The Morgan fingerprint density at radius 2 is 1.95 bits per heavy atom. The highest BCUT2D eigenvalue weighted by molar-refractivity contribution is 5.87. The van der Waals surface area contributed by atoms with Gasteiger partial charge in [-0.25, -0.2) is 0 Å². The highest BCUT2D eigenvalue weighted by atomic mass is 16.5. The second-order valence-corrected chi connectivity index (χ2v) is 4.73. The standard InChI is InChI=1S/C16H21NO2/c1-3-5-12-19-15-8-6-7-14-13(15)9-11-17(10-4-2)16(14)18/h6-9,11H,3-5,10,12H2,1-2H3. The van der Waals surface area contributed by atoms with Gasteiger partial charge in [-0.15, -0.1) is 0 Å². The number of unbranched alkanes of at least 4 members (excludes halogenated alkanes) is 1. The number of rotatable bonds is 6. The fourth-order valence-electron chi connectivity index (χ4n) is 2.16. The van der Waals surface area contributed by atoms with Crippen molar-refractivity contribution in [1.82, 2.24) is 4.57 Å². The molecule has 1 aromatic heterocycles. The third-order valence-corrected chi connectivity index (χ3v) is 3.20. The lowest BCUT2D eigenvalue weighted by atomic mass is 10.1. The van der Waals surface area contributed by atoms with Crippen LogP contribution in [-0.2, 0) is 6.54 Å². The number of aryl methyl sites for hydroxylation is 1. The number of hydrogen-bond acceptors (Lipinski definition) is 2. The minimum absolute atomic E-state index is 0.0697. The maximum Gasteiger partial charge on any atom is 0.258 e. The Kier molecular flexibility index (Phi) is 4.61. The molecule has 0 fully saturated rings. The van der Waals surface area contributed by atoms with Crippen LogP contribution in [0.2, 0.25) is 0 Å². The Hall–Kier alpha value is -1.77. The molecule has 0 unspecified atom stereocenters. The third kappa shape index (κ3) is 2.98. The van der Waals surface area contributed by atoms with Crippen LogP contribution in [0.1, 0.15) is 33.1 Å². The van der Waals surface area contributed by atoms with Crippen molar-refractivity contribution in [1.29, 1.82) is 0 Å². The van der Waals surface area contributed by atoms with Crippen LogP contribution < -0.4 is 10.3 Å². The van der Waals surface area contributed by atoms with E-state index < -0.39 is 0 Å². The van der Waals surface area contributed by atoms with Gasteiger partial charge in [0, 0.05) is 18.1 Å². The van der Waals surface area contributed by atoms with Crippen molar-refractivity contribution in [3.05, 3.63) is 40.8 Å². The van der Waals surface area contributed by atoms with Gasteiger partial charge in [-0.2, -0.15) is 0 Å². The zero-order valence-corrected chi connectivity index (χ0v) is 11.7. The van der Waals surface area contributed by atoms with Crippen molar-refractivity contribution in [3.63, 3.8) is 0 Å². The van der Waals surface area contributed by atoms with E-state index in [0.29, 0.717) is 6.61 Å². The number of ether oxygens (including phenoxy) is 1. The maximum atomic E-state index is 12.3. The normalized spacial score (nSPS) is 10.8. The smallest absolute Gasteiger partial charge is 0.258 e. The second-order valence-electron chi connectivity index (χ2n) is 4.73. The number of benzene rings is 1. The zero-order chi connectivity index (χ0) is 13.7. The fourth-order valence-corrected chi connectivity index (χ4v) is 2.16. The molecular formula is C16H21NO2. The van der Waals surface area contributed by atoms with Crippen LogP contribution >= 0.6 is 0 Å². The van der Waals surface area contributed by atoms with Crippen LogP contribution in [-0.4, -0.2) is 11.2 Å². The van der Waals surface area contributed by atoms with Crippen LogP contribution in [0.4, 0.5) is 0 Å². The molecule has 0 bridgehead atoms. The molecule has 0 saturated carbocycles. The predicted molar refractivity (Wildman–Crippen MR) is 78.9 cm³/mol. The Bertz CT molecular complexity index is 601. The summed E-state index contributed by atoms with van der Waals surface area (Å²) in [7, 11) is 0. The quantitative estimate of drug-likeness (QED) is 0.742. The molecule has 0 amide bonds. The van der Waals surface area contributed by atoms with Crippen molar-refractivity contribution in [2.24, 2.45) is 0 Å². The summed E-state index contributed by atoms with van der Waals surface area (Å²) < 4.78 is 7.53. The van der Waals surface area contributed by atoms with E-state index in [1.54, 1.807) is 4.57 Å². The zero-order valence-electron chi connectivity index (χ0n) is 11.7. The van der Waals surface area contributed by atoms with E-state index in [1.165, 1.54) is 0 Å². The first kappa shape index (κ1) is 13.7. The number of nitrogens with zero attached hydrogens (tertiary/aromatic N) is 1. The molecule has 0 saturated heterocycles. The largest absolute Gasteiger partial charge is 0.493 e. The number of aromatic nitrogens is 1. The van der Waals surface area contributed by atoms with Gasteiger partial charge in [0.05, 0.1) is 12.0 Å². The lowest BCUT2D eigenvalue weighted by Crippen LogP contribution is -2.19. The molecule has 2 rings (SSSR count). The van der Waals surface area contributed by atoms with Crippen LogP contribution in [0.25, 0.3) is 10.8 Å². The first-order valence-corrected chi connectivity index (χ1v) is 7.03. The van der Waals surface area contributed by atoms with Gasteiger partial charge in [0.1, 0.15) is 5.75 Å². The molecule has 19 heavy (non-hydrogen) atoms. The summed E-state index contributed by atoms with van der Waals surface area (Å²) in [6, 6.07) is 7.67. The average Bonchev–Trinajstić information content (AvgIpc) is 2.43. The molecule has 0 atom stereocenters. The van der Waals surface area contributed by atoms with Crippen LogP contribution in [0, 0.1) is 0 Å². The van der Waals surface area contributed by atoms with Gasteiger partial charge < -0.3 is 9.30 Å². The summed E-state index contributed by atoms with van der Waals surface area (Å²) in [6.07, 6.45) is 4.95. The van der Waals surface area contributed by atoms with Crippen molar-refractivity contribution >= 4 is 10.8 Å². The summed E-state index contributed by atoms with van der Waals surface area (Å²) >= 11 is 0. The van der Waals surface area contributed by atoms with Gasteiger partial charge in [0.25, 0.3) is 5.56 Å². The lowest BCUT2D eigenvalue weighted by molar-refractivity contribution is 0.313. The van der Waals surface area contributed by atoms with E-state index in [4.69, 9.17) is 4.74 Å². The van der Waals surface area contributed by atoms with E-state index >= 15 is 0 Å². The SMILES string of the molecule is CCCCOc1cccc2c(=O)n(CCC)ccc12. The highest BCUT2D eigenvalue weighted by Crippen LogP contribution is 2.23. The molecule has 1 heterocycles. The van der Waals surface area contributed by atoms with Crippen LogP contribution in [0.5, 0.6) is 5.75 Å². The molecule has 0 spiro atoms. The molecule has 0 radical (unpaired) electrons. The number of hydrogen-bond donors (Lipinski definition) is 0. The summed E-state index contributed by atoms with van der Waals surface area (Å²) in [5.41, 5.74) is 0.0697. The van der Waals surface area contributed by atoms with E-state index in [2.05, 4.69) is 13.8 Å². The summed E-state index contributed by atoms with van der Waals surface area (Å²) in [5.74, 6) is 0.812. The van der Waals surface area contributed by atoms with Crippen molar-refractivity contribution in [3.8, 4) is 5.75 Å². The monoisotopic (exact) mass is 259 g/mol. The van der Waals surface area contributed by atoms with Crippen LogP contribution in [0.15, 0.2) is 35.3 Å². The summed E-state index contributed by atoms with van der Waals surface area (Å²) in [4.78, 5) is 12.3. The lowest BCUT2D eigenvalue weighted by Gasteiger charge is -2.10. The molecule has 102 valence electrons. The van der Waals surface area contributed by atoms with Crippen molar-refractivity contribution < 1.29 is 4.74 Å². The summed E-state index contributed by atoms with van der Waals surface area (Å²) in [5, 5.41) is 1.65. The van der Waals surface area contributed by atoms with Crippen molar-refractivity contribution in [2.45, 2.75) is 39.7 Å². The number of pyridine rings is 1. The van der Waals surface area contributed by atoms with Gasteiger partial charge in [-0.3, -0.25) is 4.79 Å². The molecule has 2 aromatic rings. The van der Waals surface area contributed by atoms with Gasteiger partial charge >= 0.3 is 0 Å². The molecule has 3 heteroatoms. The molecule has 0 aliphatic rings. The maximum absolute atomic E-state index is 12.3. The molecule has 1 aromatic carbocycles. The van der Waals surface area contributed by atoms with E-state index in [1.807, 2.05) is 30.5 Å². The van der Waals surface area contributed by atoms with Gasteiger partial charge in [0.15, 0.2) is 0 Å². The third-order valence-electron chi connectivity index (χ3n) is 3.20. The Morgan fingerprint density at radius 1 is 1.11 bits per heavy atom. The molecule has 0 aliphatic heterocycles. The van der Waals surface area contributed by atoms with E-state index in [-0.39, 0.29) is 5.56 Å². The minimum Gasteiger partial charge on any atom is -0.493 e. The summed E-state index contributed by atoms with van der Waals surface area (Å²) in [6.45, 7) is 5.67. The number of fused-ring (bicyclic) bond motifs is 1. The highest BCUT2D eigenvalue weighted by Gasteiger charge is 2.06. The van der Waals surface area contributed by atoms with E-state index in [0.717, 1.165) is 42.3 Å². The van der Waals surface area contributed by atoms with Gasteiger partial charge in [0.2, 0.25) is 0 Å². The molecule has 0 aliphatic carbocycles. The molecule has 3 nitrogen and oxygen atoms in total. The molecule has 0 N–H and O–H groups in total. The van der Waals surface area contributed by atoms with Crippen molar-refractivity contribution in [2.75, 3.05) is 6.61 Å². The van der Waals surface area contributed by atoms with E-state index in [9.17, 15) is 4.79 Å². The topological polar surface area (TPSA) is 31.2 Å². The average molecular weight is 259 g/mol. The Labute approximate surface area is 113 Å². The Balaban J connectivity index is 2.40.